The van der Waals surface area contributed by atoms with Crippen LogP contribution < -0.4 is 5.32 Å². The van der Waals surface area contributed by atoms with E-state index in [2.05, 4.69) is 5.32 Å². The molecule has 0 aliphatic rings. The van der Waals surface area contributed by atoms with Crippen LogP contribution in [0.2, 0.25) is 5.02 Å². The van der Waals surface area contributed by atoms with Crippen LogP contribution in [0.4, 0.5) is 5.69 Å². The number of nitrogens with one attached hydrogen (secondary N) is 1. The third-order valence-corrected chi connectivity index (χ3v) is 8.10. The van der Waals surface area contributed by atoms with Crippen molar-refractivity contribution in [2.75, 3.05) is 11.9 Å². The zero-order valence-electron chi connectivity index (χ0n) is 21.6. The van der Waals surface area contributed by atoms with E-state index >= 15 is 0 Å². The second kappa shape index (κ2) is 11.7. The van der Waals surface area contributed by atoms with E-state index in [1.54, 1.807) is 60.8 Å². The highest BCUT2D eigenvalue weighted by atomic mass is 35.5. The van der Waals surface area contributed by atoms with Gasteiger partial charge in [-0.25, -0.2) is 0 Å². The molecular formula is C31H27ClN2O5S. The number of aryl methyl sites for hydroxylation is 1. The average molecular weight is 575 g/mol. The Morgan fingerprint density at radius 2 is 1.70 bits per heavy atom. The number of nitrogens with zero attached hydrogens (tertiary/aromatic N) is 1. The lowest BCUT2D eigenvalue weighted by Gasteiger charge is -2.26. The number of carbonyl (C=O) groups excluding carboxylic acids is 1. The summed E-state index contributed by atoms with van der Waals surface area (Å²) in [5.74, 6) is -0.286. The highest BCUT2D eigenvalue weighted by Crippen LogP contribution is 2.30. The molecule has 0 saturated heterocycles. The van der Waals surface area contributed by atoms with E-state index < -0.39 is 28.9 Å². The number of carbonyl (C=O) groups is 1. The van der Waals surface area contributed by atoms with Crippen LogP contribution in [0.1, 0.15) is 27.5 Å². The van der Waals surface area contributed by atoms with Crippen molar-refractivity contribution in [3.05, 3.63) is 131 Å². The Bertz CT molecular complexity index is 1750. The molecule has 7 nitrogen and oxygen atoms in total. The van der Waals surface area contributed by atoms with Gasteiger partial charge in [0.1, 0.15) is 6.10 Å². The Balaban J connectivity index is 1.41. The summed E-state index contributed by atoms with van der Waals surface area (Å²) in [7, 11) is -4.06. The van der Waals surface area contributed by atoms with E-state index in [1.165, 1.54) is 12.1 Å². The average Bonchev–Trinajstić information content (AvgIpc) is 3.36. The topological polar surface area (TPSA) is 97.6 Å². The summed E-state index contributed by atoms with van der Waals surface area (Å²) >= 11 is 6.03. The Kier molecular flexibility index (Phi) is 8.04. The van der Waals surface area contributed by atoms with Crippen LogP contribution in [-0.4, -0.2) is 36.7 Å². The van der Waals surface area contributed by atoms with Crippen LogP contribution in [0.25, 0.3) is 10.9 Å². The summed E-state index contributed by atoms with van der Waals surface area (Å²) in [5, 5.41) is 15.4. The first-order chi connectivity index (χ1) is 19.2. The second-order valence-electron chi connectivity index (χ2n) is 9.44. The molecule has 0 bridgehead atoms. The van der Waals surface area contributed by atoms with Gasteiger partial charge < -0.3 is 15.0 Å². The van der Waals surface area contributed by atoms with Crippen molar-refractivity contribution >= 4 is 44.2 Å². The molecule has 1 aromatic heterocycles. The van der Waals surface area contributed by atoms with Crippen molar-refractivity contribution in [1.29, 1.82) is 0 Å². The van der Waals surface area contributed by atoms with E-state index in [4.69, 9.17) is 15.8 Å². The fourth-order valence-corrected chi connectivity index (χ4v) is 5.67. The quantitative estimate of drug-likeness (QED) is 0.204. The van der Waals surface area contributed by atoms with Gasteiger partial charge in [-0.1, -0.05) is 65.7 Å². The molecule has 0 radical (unpaired) electrons. The Hall–Kier alpha value is -3.95. The fourth-order valence-electron chi connectivity index (χ4n) is 4.56. The number of amides is 1. The monoisotopic (exact) mass is 574 g/mol. The molecule has 1 heterocycles. The number of rotatable bonds is 9. The van der Waals surface area contributed by atoms with Crippen molar-refractivity contribution in [3.63, 3.8) is 0 Å². The van der Waals surface area contributed by atoms with E-state index in [1.807, 2.05) is 47.9 Å². The standard InChI is InChI=1S/C31H27ClN2O5S/c1-21-10-13-27(14-11-21)40(37,38)39-20-29(35)30(22-6-3-2-4-7-22)34-17-16-23-18-24(12-15-28(23)34)31(36)33-26-9-5-8-25(32)19-26/h2-19,29-30,35H,20H2,1H3,(H,33,36)/t29-,30-/m0/s1. The van der Waals surface area contributed by atoms with Crippen molar-refractivity contribution in [1.82, 2.24) is 4.57 Å². The molecule has 5 rings (SSSR count). The minimum Gasteiger partial charge on any atom is -0.388 e. The number of aromatic nitrogens is 1. The molecule has 9 heteroatoms. The molecule has 0 fully saturated rings. The first-order valence-electron chi connectivity index (χ1n) is 12.6. The maximum Gasteiger partial charge on any atom is 0.297 e. The Labute approximate surface area is 237 Å². The smallest absolute Gasteiger partial charge is 0.297 e. The lowest BCUT2D eigenvalue weighted by Crippen LogP contribution is -2.30. The summed E-state index contributed by atoms with van der Waals surface area (Å²) in [6.07, 6.45) is 0.600. The van der Waals surface area contributed by atoms with E-state index in [0.717, 1.165) is 22.0 Å². The molecule has 40 heavy (non-hydrogen) atoms. The third kappa shape index (κ3) is 6.11. The van der Waals surface area contributed by atoms with E-state index in [-0.39, 0.29) is 10.8 Å². The molecule has 0 saturated carbocycles. The van der Waals surface area contributed by atoms with E-state index in [9.17, 15) is 18.3 Å². The van der Waals surface area contributed by atoms with Crippen LogP contribution in [0.15, 0.2) is 114 Å². The number of aliphatic hydroxyl groups is 1. The highest BCUT2D eigenvalue weighted by Gasteiger charge is 2.27. The van der Waals surface area contributed by atoms with Crippen LogP contribution >= 0.6 is 11.6 Å². The summed E-state index contributed by atoms with van der Waals surface area (Å²) in [6, 6.07) is 29.0. The van der Waals surface area contributed by atoms with Gasteiger partial charge in [0, 0.05) is 33.4 Å². The normalized spacial score (nSPS) is 13.2. The van der Waals surface area contributed by atoms with Gasteiger partial charge in [0.15, 0.2) is 0 Å². The molecule has 2 atom stereocenters. The SMILES string of the molecule is Cc1ccc(S(=O)(=O)OC[C@H](O)[C@H](c2ccccc2)n2ccc3cc(C(=O)Nc4cccc(Cl)c4)ccc32)cc1. The third-order valence-electron chi connectivity index (χ3n) is 6.57. The summed E-state index contributed by atoms with van der Waals surface area (Å²) in [5.41, 5.74) is 3.49. The molecule has 4 aromatic carbocycles. The van der Waals surface area contributed by atoms with Gasteiger partial charge in [0.25, 0.3) is 16.0 Å². The number of aliphatic hydroxyl groups excluding tert-OH is 1. The zero-order valence-corrected chi connectivity index (χ0v) is 23.1. The first kappa shape index (κ1) is 27.6. The lowest BCUT2D eigenvalue weighted by molar-refractivity contribution is 0.0785. The maximum atomic E-state index is 12.9. The molecule has 0 unspecified atom stereocenters. The molecule has 1 amide bonds. The Morgan fingerprint density at radius 1 is 0.950 bits per heavy atom. The van der Waals surface area contributed by atoms with E-state index in [0.29, 0.717) is 16.3 Å². The van der Waals surface area contributed by atoms with Crippen LogP contribution in [0.3, 0.4) is 0 Å². The van der Waals surface area contributed by atoms with Gasteiger partial charge in [-0.2, -0.15) is 8.42 Å². The van der Waals surface area contributed by atoms with Crippen molar-refractivity contribution in [2.24, 2.45) is 0 Å². The van der Waals surface area contributed by atoms with Crippen LogP contribution in [0.5, 0.6) is 0 Å². The number of anilines is 1. The minimum absolute atomic E-state index is 0.0246. The molecule has 0 spiro atoms. The van der Waals surface area contributed by atoms with Gasteiger partial charge >= 0.3 is 0 Å². The van der Waals surface area contributed by atoms with Gasteiger partial charge in [-0.3, -0.25) is 8.98 Å². The predicted octanol–water partition coefficient (Wildman–Crippen LogP) is 6.21. The fraction of sp³-hybridized carbons (Fsp3) is 0.129. The minimum atomic E-state index is -4.06. The van der Waals surface area contributed by atoms with Crippen molar-refractivity contribution in [2.45, 2.75) is 24.0 Å². The first-order valence-corrected chi connectivity index (χ1v) is 14.4. The Morgan fingerprint density at radius 3 is 2.42 bits per heavy atom. The lowest BCUT2D eigenvalue weighted by atomic mass is 10.0. The summed E-state index contributed by atoms with van der Waals surface area (Å²) in [4.78, 5) is 12.9. The van der Waals surface area contributed by atoms with Gasteiger partial charge in [0.05, 0.1) is 17.5 Å². The van der Waals surface area contributed by atoms with Crippen LogP contribution in [0, 0.1) is 6.92 Å². The molecule has 0 aliphatic heterocycles. The van der Waals surface area contributed by atoms with Gasteiger partial charge in [-0.15, -0.1) is 0 Å². The van der Waals surface area contributed by atoms with Gasteiger partial charge in [-0.05, 0) is 67.1 Å². The van der Waals surface area contributed by atoms with Crippen molar-refractivity contribution in [3.8, 4) is 0 Å². The van der Waals surface area contributed by atoms with Crippen molar-refractivity contribution < 1.29 is 22.5 Å². The number of hydrogen-bond donors (Lipinski definition) is 2. The van der Waals surface area contributed by atoms with Gasteiger partial charge in [0.2, 0.25) is 0 Å². The summed E-state index contributed by atoms with van der Waals surface area (Å²) in [6.45, 7) is 1.41. The molecule has 5 aromatic rings. The van der Waals surface area contributed by atoms with Crippen LogP contribution in [-0.2, 0) is 14.3 Å². The number of fused-ring (bicyclic) bond motifs is 1. The number of benzene rings is 4. The molecule has 204 valence electrons. The number of halogens is 1. The molecular weight excluding hydrogens is 548 g/mol. The highest BCUT2D eigenvalue weighted by molar-refractivity contribution is 7.86. The predicted molar refractivity (Wildman–Crippen MR) is 156 cm³/mol. The number of hydrogen-bond acceptors (Lipinski definition) is 5. The second-order valence-corrected chi connectivity index (χ2v) is 11.5. The largest absolute Gasteiger partial charge is 0.388 e. The summed E-state index contributed by atoms with van der Waals surface area (Å²) < 4.78 is 32.7. The molecule has 2 N–H and O–H groups in total. The zero-order chi connectivity index (χ0) is 28.3. The maximum absolute atomic E-state index is 12.9. The molecule has 0 aliphatic carbocycles.